The van der Waals surface area contributed by atoms with Gasteiger partial charge >= 0.3 is 12.2 Å². The van der Waals surface area contributed by atoms with Crippen LogP contribution >= 0.6 is 27.3 Å². The van der Waals surface area contributed by atoms with E-state index in [0.717, 1.165) is 18.4 Å². The fourth-order valence-electron chi connectivity index (χ4n) is 3.13. The number of urea groups is 1. The predicted octanol–water partition coefficient (Wildman–Crippen LogP) is 3.96. The Morgan fingerprint density at radius 2 is 1.93 bits per heavy atom. The van der Waals surface area contributed by atoms with Crippen LogP contribution in [0.3, 0.4) is 0 Å². The monoisotopic (exact) mass is 462 g/mol. The van der Waals surface area contributed by atoms with E-state index < -0.39 is 35.7 Å². The SMILES string of the molecule is CN1C(=O)N[C@H](c2ccc(Br)cc2)[C@H](C(=O)c2cccs2)[C@]1(O)C(F)(F)F. The topological polar surface area (TPSA) is 69.6 Å². The molecule has 1 aliphatic heterocycles. The molecule has 3 atom stereocenters. The zero-order valence-electron chi connectivity index (χ0n) is 13.8. The molecule has 1 aromatic heterocycles. The second-order valence-corrected chi connectivity index (χ2v) is 7.94. The van der Waals surface area contributed by atoms with E-state index in [2.05, 4.69) is 21.2 Å². The summed E-state index contributed by atoms with van der Waals surface area (Å²) < 4.78 is 42.5. The molecule has 2 aromatic rings. The Bertz CT molecular complexity index is 857. The number of aliphatic hydroxyl groups is 1. The second kappa shape index (κ2) is 6.92. The Balaban J connectivity index is 2.19. The van der Waals surface area contributed by atoms with E-state index in [1.54, 1.807) is 17.5 Å². The summed E-state index contributed by atoms with van der Waals surface area (Å²) in [7, 11) is 0.815. The summed E-state index contributed by atoms with van der Waals surface area (Å²) in [5.74, 6) is -2.88. The highest BCUT2D eigenvalue weighted by molar-refractivity contribution is 9.10. The van der Waals surface area contributed by atoms with Crippen LogP contribution in [0.15, 0.2) is 46.3 Å². The van der Waals surface area contributed by atoms with Crippen LogP contribution in [-0.4, -0.2) is 40.8 Å². The molecule has 10 heteroatoms. The lowest BCUT2D eigenvalue weighted by molar-refractivity contribution is -0.322. The average Bonchev–Trinajstić information content (AvgIpc) is 3.13. The number of nitrogens with zero attached hydrogens (tertiary/aromatic N) is 1. The normalized spacial score (nSPS) is 26.0. The molecular weight excluding hydrogens is 449 g/mol. The largest absolute Gasteiger partial charge is 0.437 e. The molecule has 1 fully saturated rings. The van der Waals surface area contributed by atoms with Crippen molar-refractivity contribution in [3.05, 3.63) is 56.7 Å². The van der Waals surface area contributed by atoms with Crippen molar-refractivity contribution in [2.75, 3.05) is 7.05 Å². The number of hydrogen-bond acceptors (Lipinski definition) is 4. The van der Waals surface area contributed by atoms with Crippen molar-refractivity contribution >= 4 is 39.1 Å². The van der Waals surface area contributed by atoms with Gasteiger partial charge in [-0.2, -0.15) is 13.2 Å². The van der Waals surface area contributed by atoms with Crippen molar-refractivity contribution in [2.24, 2.45) is 5.92 Å². The summed E-state index contributed by atoms with van der Waals surface area (Å²) in [6.45, 7) is 0. The Morgan fingerprint density at radius 1 is 1.30 bits per heavy atom. The molecule has 5 nitrogen and oxygen atoms in total. The zero-order chi connectivity index (χ0) is 20.0. The minimum absolute atomic E-state index is 0.0642. The minimum Gasteiger partial charge on any atom is -0.363 e. The highest BCUT2D eigenvalue weighted by Gasteiger charge is 2.69. The van der Waals surface area contributed by atoms with Crippen molar-refractivity contribution in [2.45, 2.75) is 17.9 Å². The van der Waals surface area contributed by atoms with E-state index >= 15 is 0 Å². The minimum atomic E-state index is -5.25. The molecule has 0 saturated carbocycles. The maximum Gasteiger partial charge on any atom is 0.437 e. The van der Waals surface area contributed by atoms with Gasteiger partial charge < -0.3 is 10.4 Å². The number of benzene rings is 1. The number of amides is 2. The average molecular weight is 463 g/mol. The third-order valence-corrected chi connectivity index (χ3v) is 5.97. The Morgan fingerprint density at radius 3 is 2.44 bits per heavy atom. The summed E-state index contributed by atoms with van der Waals surface area (Å²) in [5.41, 5.74) is -3.38. The van der Waals surface area contributed by atoms with Gasteiger partial charge in [0.1, 0.15) is 5.92 Å². The standard InChI is InChI=1S/C17H14BrF3N2O3S/c1-23-15(25)22-13(9-4-6-10(18)7-5-9)12(16(23,26)17(19,20)21)14(24)11-3-2-8-27-11/h2-8,12-13,26H,1H3,(H,22,25)/t12-,13-,16+/m1/s1. The van der Waals surface area contributed by atoms with Crippen LogP contribution in [-0.2, 0) is 0 Å². The maximum atomic E-state index is 13.9. The number of carbonyl (C=O) groups is 2. The molecule has 27 heavy (non-hydrogen) atoms. The van der Waals surface area contributed by atoms with Crippen LogP contribution in [0.2, 0.25) is 0 Å². The molecule has 2 heterocycles. The Hall–Kier alpha value is -1.91. The van der Waals surface area contributed by atoms with E-state index in [9.17, 15) is 27.9 Å². The predicted molar refractivity (Wildman–Crippen MR) is 96.3 cm³/mol. The van der Waals surface area contributed by atoms with Crippen molar-refractivity contribution in [3.8, 4) is 0 Å². The number of thiophene rings is 1. The number of halogens is 4. The molecule has 0 bridgehead atoms. The van der Waals surface area contributed by atoms with Crippen molar-refractivity contribution in [1.82, 2.24) is 10.2 Å². The van der Waals surface area contributed by atoms with Crippen molar-refractivity contribution < 1.29 is 27.9 Å². The van der Waals surface area contributed by atoms with Crippen molar-refractivity contribution in [3.63, 3.8) is 0 Å². The van der Waals surface area contributed by atoms with Gasteiger partial charge in [-0.3, -0.25) is 9.69 Å². The molecule has 3 rings (SSSR count). The molecule has 2 N–H and O–H groups in total. The molecule has 1 saturated heterocycles. The van der Waals surface area contributed by atoms with Crippen LogP contribution in [0.25, 0.3) is 0 Å². The van der Waals surface area contributed by atoms with Crippen LogP contribution in [0.1, 0.15) is 21.3 Å². The molecule has 2 amide bonds. The Kier molecular flexibility index (Phi) is 5.08. The quantitative estimate of drug-likeness (QED) is 0.678. The lowest BCUT2D eigenvalue weighted by Gasteiger charge is -2.49. The summed E-state index contributed by atoms with van der Waals surface area (Å²) in [4.78, 5) is 25.4. The number of alkyl halides is 3. The molecule has 0 aliphatic carbocycles. The molecule has 1 aliphatic rings. The Labute approximate surface area is 164 Å². The van der Waals surface area contributed by atoms with Gasteiger partial charge in [-0.25, -0.2) is 4.79 Å². The maximum absolute atomic E-state index is 13.9. The first-order chi connectivity index (χ1) is 12.6. The number of rotatable bonds is 3. The van der Waals surface area contributed by atoms with Crippen LogP contribution < -0.4 is 5.32 Å². The highest BCUT2D eigenvalue weighted by Crippen LogP contribution is 2.47. The first-order valence-corrected chi connectivity index (χ1v) is 9.41. The van der Waals surface area contributed by atoms with Gasteiger partial charge in [-0.15, -0.1) is 11.3 Å². The van der Waals surface area contributed by atoms with Gasteiger partial charge in [-0.05, 0) is 29.1 Å². The van der Waals surface area contributed by atoms with E-state index in [-0.39, 0.29) is 15.3 Å². The molecule has 0 radical (unpaired) electrons. The molecule has 144 valence electrons. The smallest absolute Gasteiger partial charge is 0.363 e. The first-order valence-electron chi connectivity index (χ1n) is 7.74. The summed E-state index contributed by atoms with van der Waals surface area (Å²) in [5, 5.41) is 14.6. The fourth-order valence-corrected chi connectivity index (χ4v) is 4.10. The molecule has 1 aromatic carbocycles. The number of carbonyl (C=O) groups excluding carboxylic acids is 2. The number of ketones is 1. The van der Waals surface area contributed by atoms with Crippen LogP contribution in [0.4, 0.5) is 18.0 Å². The van der Waals surface area contributed by atoms with Gasteiger partial charge in [0.15, 0.2) is 5.78 Å². The third kappa shape index (κ3) is 3.26. The lowest BCUT2D eigenvalue weighted by Crippen LogP contribution is -2.72. The molecule has 0 unspecified atom stereocenters. The van der Waals surface area contributed by atoms with Gasteiger partial charge in [0.25, 0.3) is 5.72 Å². The number of nitrogens with one attached hydrogen (secondary N) is 1. The van der Waals surface area contributed by atoms with E-state index in [0.29, 0.717) is 4.47 Å². The highest BCUT2D eigenvalue weighted by atomic mass is 79.9. The van der Waals surface area contributed by atoms with Gasteiger partial charge in [0.05, 0.1) is 10.9 Å². The van der Waals surface area contributed by atoms with E-state index in [1.807, 2.05) is 0 Å². The number of Topliss-reactive ketones (excluding diaryl/α,β-unsaturated/α-hetero) is 1. The van der Waals surface area contributed by atoms with E-state index in [4.69, 9.17) is 0 Å². The summed E-state index contributed by atoms with van der Waals surface area (Å²) in [6, 6.07) is 6.58. The van der Waals surface area contributed by atoms with Gasteiger partial charge in [0, 0.05) is 11.5 Å². The summed E-state index contributed by atoms with van der Waals surface area (Å²) >= 11 is 4.20. The van der Waals surface area contributed by atoms with Crippen LogP contribution in [0, 0.1) is 5.92 Å². The second-order valence-electron chi connectivity index (χ2n) is 6.08. The zero-order valence-corrected chi connectivity index (χ0v) is 16.2. The summed E-state index contributed by atoms with van der Waals surface area (Å²) in [6.07, 6.45) is -5.25. The van der Waals surface area contributed by atoms with Crippen molar-refractivity contribution in [1.29, 1.82) is 0 Å². The number of hydrogen-bond donors (Lipinski definition) is 2. The fraction of sp³-hybridized carbons (Fsp3) is 0.294. The van der Waals surface area contributed by atoms with Crippen LogP contribution in [0.5, 0.6) is 0 Å². The first kappa shape index (κ1) is 19.8. The lowest BCUT2D eigenvalue weighted by atomic mass is 9.78. The van der Waals surface area contributed by atoms with E-state index in [1.165, 1.54) is 24.3 Å². The molecular formula is C17H14BrF3N2O3S. The molecule has 0 spiro atoms. The van der Waals surface area contributed by atoms with Gasteiger partial charge in [-0.1, -0.05) is 34.1 Å². The third-order valence-electron chi connectivity index (χ3n) is 4.55. The van der Waals surface area contributed by atoms with Gasteiger partial charge in [0.2, 0.25) is 0 Å².